The summed E-state index contributed by atoms with van der Waals surface area (Å²) >= 11 is 6.69. The molecule has 0 bridgehead atoms. The van der Waals surface area contributed by atoms with Crippen molar-refractivity contribution in [2.45, 2.75) is 13.0 Å². The fourth-order valence-corrected chi connectivity index (χ4v) is 2.55. The highest BCUT2D eigenvalue weighted by atomic mass is 79.9. The van der Waals surface area contributed by atoms with Crippen LogP contribution in [0.5, 0.6) is 0 Å². The lowest BCUT2D eigenvalue weighted by atomic mass is 10.2. The number of ether oxygens (including phenoxy) is 1. The Kier molecular flexibility index (Phi) is 4.26. The van der Waals surface area contributed by atoms with Gasteiger partial charge in [-0.2, -0.15) is 0 Å². The zero-order valence-corrected chi connectivity index (χ0v) is 14.7. The van der Waals surface area contributed by atoms with Gasteiger partial charge in [0.25, 0.3) is 0 Å². The normalized spacial score (nSPS) is 12.3. The molecule has 1 aromatic carbocycles. The Bertz CT molecular complexity index is 830. The van der Waals surface area contributed by atoms with Crippen LogP contribution >= 0.6 is 31.9 Å². The molecule has 5 nitrogen and oxygen atoms in total. The average molecular weight is 425 g/mol. The van der Waals surface area contributed by atoms with E-state index in [2.05, 4.69) is 46.8 Å². The van der Waals surface area contributed by atoms with Gasteiger partial charge in [0.1, 0.15) is 5.82 Å². The molecule has 2 aromatic heterocycles. The van der Waals surface area contributed by atoms with Gasteiger partial charge in [-0.05, 0) is 53.2 Å². The van der Waals surface area contributed by atoms with E-state index in [0.29, 0.717) is 17.0 Å². The molecule has 0 aliphatic rings. The molecule has 0 amide bonds. The molecule has 0 aliphatic carbocycles. The Balaban J connectivity index is 1.79. The Morgan fingerprint density at radius 2 is 1.95 bits per heavy atom. The predicted molar refractivity (Wildman–Crippen MR) is 89.6 cm³/mol. The number of aromatic nitrogens is 3. The Morgan fingerprint density at radius 1 is 1.23 bits per heavy atom. The number of carbonyl (C=O) groups excluding carboxylic acids is 1. The molecule has 0 aliphatic heterocycles. The van der Waals surface area contributed by atoms with Crippen molar-refractivity contribution in [3.63, 3.8) is 0 Å². The van der Waals surface area contributed by atoms with Crippen molar-refractivity contribution in [3.05, 3.63) is 56.9 Å². The van der Waals surface area contributed by atoms with Crippen molar-refractivity contribution >= 4 is 49.0 Å². The van der Waals surface area contributed by atoms with Gasteiger partial charge in [0.05, 0.1) is 11.1 Å². The summed E-state index contributed by atoms with van der Waals surface area (Å²) in [7, 11) is 0. The summed E-state index contributed by atoms with van der Waals surface area (Å²) in [4.78, 5) is 23.8. The van der Waals surface area contributed by atoms with Crippen LogP contribution in [0.4, 0.5) is 0 Å². The lowest BCUT2D eigenvalue weighted by Gasteiger charge is -2.10. The molecule has 2 heterocycles. The number of fused-ring (bicyclic) bond motifs is 1. The molecule has 112 valence electrons. The standard InChI is InChI=1S/C15H11Br2N3O2/c1-8(22-15(21)9-2-4-10(16)5-3-9)13-19-12-6-11(17)7-18-14(12)20-13/h2-8H,1H3,(H,18,19,20). The number of H-pyrrole nitrogens is 1. The minimum atomic E-state index is -0.496. The summed E-state index contributed by atoms with van der Waals surface area (Å²) in [5, 5.41) is 0. The van der Waals surface area contributed by atoms with Gasteiger partial charge in [0.15, 0.2) is 11.8 Å². The van der Waals surface area contributed by atoms with Crippen LogP contribution in [0.25, 0.3) is 11.2 Å². The number of nitrogens with one attached hydrogen (secondary N) is 1. The van der Waals surface area contributed by atoms with Crippen molar-refractivity contribution < 1.29 is 9.53 Å². The summed E-state index contributed by atoms with van der Waals surface area (Å²) in [5.41, 5.74) is 1.87. The summed E-state index contributed by atoms with van der Waals surface area (Å²) in [5.74, 6) is 0.167. The molecule has 1 unspecified atom stereocenters. The second-order valence-electron chi connectivity index (χ2n) is 4.70. The van der Waals surface area contributed by atoms with Crippen LogP contribution in [0, 0.1) is 0 Å². The predicted octanol–water partition coefficient (Wildman–Crippen LogP) is 4.40. The van der Waals surface area contributed by atoms with E-state index in [0.717, 1.165) is 14.5 Å². The number of imidazole rings is 1. The summed E-state index contributed by atoms with van der Waals surface area (Å²) in [6, 6.07) is 8.88. The topological polar surface area (TPSA) is 67.9 Å². The first-order valence-electron chi connectivity index (χ1n) is 6.50. The van der Waals surface area contributed by atoms with Crippen LogP contribution in [0.2, 0.25) is 0 Å². The second kappa shape index (κ2) is 6.18. The van der Waals surface area contributed by atoms with E-state index >= 15 is 0 Å². The number of rotatable bonds is 3. The Labute approximate surface area is 143 Å². The van der Waals surface area contributed by atoms with Gasteiger partial charge in [0.2, 0.25) is 0 Å². The fraction of sp³-hybridized carbons (Fsp3) is 0.133. The summed E-state index contributed by atoms with van der Waals surface area (Å²) in [6.45, 7) is 1.77. The SMILES string of the molecule is CC(OC(=O)c1ccc(Br)cc1)c1nc2ncc(Br)cc2[nH]1. The van der Waals surface area contributed by atoms with Gasteiger partial charge in [0, 0.05) is 15.1 Å². The molecule has 3 aromatic rings. The number of halogens is 2. The van der Waals surface area contributed by atoms with Crippen LogP contribution in [-0.4, -0.2) is 20.9 Å². The quantitative estimate of drug-likeness (QED) is 0.632. The largest absolute Gasteiger partial charge is 0.451 e. The zero-order chi connectivity index (χ0) is 15.7. The lowest BCUT2D eigenvalue weighted by Crippen LogP contribution is -2.10. The maximum Gasteiger partial charge on any atom is 0.338 e. The number of esters is 1. The fourth-order valence-electron chi connectivity index (χ4n) is 1.96. The molecular formula is C15H11Br2N3O2. The first-order valence-corrected chi connectivity index (χ1v) is 8.09. The van der Waals surface area contributed by atoms with Gasteiger partial charge in [-0.15, -0.1) is 0 Å². The molecular weight excluding hydrogens is 414 g/mol. The molecule has 0 saturated carbocycles. The number of carbonyl (C=O) groups is 1. The lowest BCUT2D eigenvalue weighted by molar-refractivity contribution is 0.0322. The van der Waals surface area contributed by atoms with E-state index in [1.54, 1.807) is 37.4 Å². The molecule has 3 rings (SSSR count). The van der Waals surface area contributed by atoms with Gasteiger partial charge in [-0.1, -0.05) is 15.9 Å². The maximum atomic E-state index is 12.1. The minimum absolute atomic E-state index is 0.394. The van der Waals surface area contributed by atoms with Crippen LogP contribution < -0.4 is 0 Å². The number of nitrogens with zero attached hydrogens (tertiary/aromatic N) is 2. The van der Waals surface area contributed by atoms with Crippen molar-refractivity contribution in [2.24, 2.45) is 0 Å². The number of hydrogen-bond acceptors (Lipinski definition) is 4. The van der Waals surface area contributed by atoms with Gasteiger partial charge >= 0.3 is 5.97 Å². The van der Waals surface area contributed by atoms with Crippen LogP contribution in [-0.2, 0) is 4.74 Å². The molecule has 1 atom stereocenters. The summed E-state index contributed by atoms with van der Waals surface area (Å²) < 4.78 is 7.20. The van der Waals surface area contributed by atoms with Gasteiger partial charge in [-0.25, -0.2) is 14.8 Å². The molecule has 22 heavy (non-hydrogen) atoms. The Hall–Kier alpha value is -1.73. The van der Waals surface area contributed by atoms with E-state index in [1.165, 1.54) is 0 Å². The van der Waals surface area contributed by atoms with Crippen molar-refractivity contribution in [3.8, 4) is 0 Å². The number of hydrogen-bond donors (Lipinski definition) is 1. The first kappa shape index (κ1) is 15.2. The highest BCUT2D eigenvalue weighted by Crippen LogP contribution is 2.21. The number of benzene rings is 1. The van der Waals surface area contributed by atoms with Crippen molar-refractivity contribution in [2.75, 3.05) is 0 Å². The van der Waals surface area contributed by atoms with Gasteiger partial charge < -0.3 is 9.72 Å². The molecule has 7 heteroatoms. The van der Waals surface area contributed by atoms with E-state index in [1.807, 2.05) is 6.07 Å². The Morgan fingerprint density at radius 3 is 2.68 bits per heavy atom. The monoisotopic (exact) mass is 423 g/mol. The molecule has 0 saturated heterocycles. The third-order valence-electron chi connectivity index (χ3n) is 3.07. The van der Waals surface area contributed by atoms with Crippen molar-refractivity contribution in [1.82, 2.24) is 15.0 Å². The van der Waals surface area contributed by atoms with E-state index in [9.17, 15) is 4.79 Å². The number of pyridine rings is 1. The third kappa shape index (κ3) is 3.20. The highest BCUT2D eigenvalue weighted by Gasteiger charge is 2.17. The molecule has 0 radical (unpaired) electrons. The second-order valence-corrected chi connectivity index (χ2v) is 6.53. The van der Waals surface area contributed by atoms with E-state index in [-0.39, 0.29) is 0 Å². The van der Waals surface area contributed by atoms with E-state index in [4.69, 9.17) is 4.74 Å². The van der Waals surface area contributed by atoms with Gasteiger partial charge in [-0.3, -0.25) is 0 Å². The number of aromatic amines is 1. The molecule has 0 spiro atoms. The van der Waals surface area contributed by atoms with Crippen LogP contribution in [0.15, 0.2) is 45.5 Å². The van der Waals surface area contributed by atoms with Crippen LogP contribution in [0.1, 0.15) is 29.2 Å². The third-order valence-corrected chi connectivity index (χ3v) is 4.03. The molecule has 1 N–H and O–H groups in total. The zero-order valence-electron chi connectivity index (χ0n) is 11.5. The first-order chi connectivity index (χ1) is 10.5. The minimum Gasteiger partial charge on any atom is -0.451 e. The maximum absolute atomic E-state index is 12.1. The average Bonchev–Trinajstić information content (AvgIpc) is 2.91. The van der Waals surface area contributed by atoms with Crippen LogP contribution in [0.3, 0.4) is 0 Å². The van der Waals surface area contributed by atoms with Crippen molar-refractivity contribution in [1.29, 1.82) is 0 Å². The summed E-state index contributed by atoms with van der Waals surface area (Å²) in [6.07, 6.45) is 1.18. The molecule has 0 fully saturated rings. The highest BCUT2D eigenvalue weighted by molar-refractivity contribution is 9.10. The smallest absolute Gasteiger partial charge is 0.338 e. The van der Waals surface area contributed by atoms with E-state index < -0.39 is 12.1 Å².